The topological polar surface area (TPSA) is 92.7 Å². The first-order valence-electron chi connectivity index (χ1n) is 8.52. The number of amides is 1. The maximum Gasteiger partial charge on any atom is 0.416 e. The average molecular weight is 431 g/mol. The number of nitrogens with one attached hydrogen (secondary N) is 1. The highest BCUT2D eigenvalue weighted by Gasteiger charge is 2.33. The first-order valence-corrected chi connectivity index (χ1v) is 9.93. The number of rotatable bonds is 6. The summed E-state index contributed by atoms with van der Waals surface area (Å²) in [7, 11) is 1.16. The van der Waals surface area contributed by atoms with Gasteiger partial charge in [-0.3, -0.25) is 4.79 Å². The van der Waals surface area contributed by atoms with Gasteiger partial charge in [0.2, 0.25) is 5.91 Å². The van der Waals surface area contributed by atoms with E-state index in [0.29, 0.717) is 12.0 Å². The van der Waals surface area contributed by atoms with Gasteiger partial charge in [-0.25, -0.2) is 9.59 Å². The lowest BCUT2D eigenvalue weighted by Gasteiger charge is -2.22. The Morgan fingerprint density at radius 1 is 1.21 bits per heavy atom. The SMILES string of the molecule is CCC(C(=O)N[SH]1C=C(C(=O)OC)C(C)=C1C(=O)O)c1ccc(C(F)(F)F)cc1. The van der Waals surface area contributed by atoms with E-state index < -0.39 is 46.6 Å². The number of carboxylic acids is 1. The van der Waals surface area contributed by atoms with Crippen LogP contribution in [0.2, 0.25) is 0 Å². The minimum Gasteiger partial charge on any atom is -0.477 e. The number of carbonyl (C=O) groups excluding carboxylic acids is 2. The van der Waals surface area contributed by atoms with Crippen molar-refractivity contribution in [1.29, 1.82) is 0 Å². The van der Waals surface area contributed by atoms with Gasteiger partial charge in [-0.05, 0) is 42.0 Å². The second kappa shape index (κ2) is 8.73. The van der Waals surface area contributed by atoms with Crippen molar-refractivity contribution in [2.24, 2.45) is 0 Å². The molecule has 0 spiro atoms. The van der Waals surface area contributed by atoms with Crippen LogP contribution in [0.5, 0.6) is 0 Å². The summed E-state index contributed by atoms with van der Waals surface area (Å²) in [6.45, 7) is 3.15. The van der Waals surface area contributed by atoms with Crippen molar-refractivity contribution >= 4 is 28.9 Å². The molecule has 1 aromatic rings. The fourth-order valence-electron chi connectivity index (χ4n) is 2.94. The molecule has 29 heavy (non-hydrogen) atoms. The van der Waals surface area contributed by atoms with Crippen LogP contribution in [0, 0.1) is 0 Å². The lowest BCUT2D eigenvalue weighted by molar-refractivity contribution is -0.138. The number of ether oxygens (including phenoxy) is 1. The van der Waals surface area contributed by atoms with Crippen LogP contribution in [0.3, 0.4) is 0 Å². The molecule has 0 radical (unpaired) electrons. The van der Waals surface area contributed by atoms with Crippen LogP contribution in [0.1, 0.15) is 37.3 Å². The predicted molar refractivity (Wildman–Crippen MR) is 102 cm³/mol. The van der Waals surface area contributed by atoms with Crippen molar-refractivity contribution in [2.45, 2.75) is 32.4 Å². The normalized spacial score (nSPS) is 18.8. The first kappa shape index (κ1) is 22.5. The van der Waals surface area contributed by atoms with E-state index in [9.17, 15) is 32.7 Å². The van der Waals surface area contributed by atoms with Crippen molar-refractivity contribution in [3.8, 4) is 0 Å². The number of aliphatic carboxylic acids is 1. The van der Waals surface area contributed by atoms with Crippen molar-refractivity contribution in [3.63, 3.8) is 0 Å². The fraction of sp³-hybridized carbons (Fsp3) is 0.316. The Hall–Kier alpha value is -2.75. The largest absolute Gasteiger partial charge is 0.477 e. The second-order valence-corrected chi connectivity index (χ2v) is 7.91. The van der Waals surface area contributed by atoms with Crippen LogP contribution in [0.25, 0.3) is 0 Å². The van der Waals surface area contributed by atoms with E-state index in [2.05, 4.69) is 9.46 Å². The van der Waals surface area contributed by atoms with Crippen LogP contribution in [-0.2, 0) is 25.3 Å². The maximum atomic E-state index is 12.8. The zero-order chi connectivity index (χ0) is 21.9. The molecule has 1 heterocycles. The fourth-order valence-corrected chi connectivity index (χ4v) is 4.88. The van der Waals surface area contributed by atoms with Gasteiger partial charge in [0, 0.05) is 0 Å². The Kier molecular flexibility index (Phi) is 6.78. The standard InChI is InChI=1S/C19H20F3NO5S/c1-4-13(11-5-7-12(8-6-11)19(20,21)22)16(24)23-29-9-14(18(27)28-3)10(2)15(29)17(25)26/h5-9,13,29H,4H2,1-3H3,(H,23,24)(H,25,26). The Morgan fingerprint density at radius 3 is 2.24 bits per heavy atom. The summed E-state index contributed by atoms with van der Waals surface area (Å²) in [5, 5.41) is 10.8. The molecule has 6 nitrogen and oxygen atoms in total. The van der Waals surface area contributed by atoms with Crippen molar-refractivity contribution in [2.75, 3.05) is 7.11 Å². The molecule has 1 aliphatic heterocycles. The number of carbonyl (C=O) groups is 3. The van der Waals surface area contributed by atoms with Crippen LogP contribution in [0.15, 0.2) is 45.7 Å². The Bertz CT molecular complexity index is 890. The van der Waals surface area contributed by atoms with Crippen LogP contribution >= 0.6 is 11.1 Å². The highest BCUT2D eigenvalue weighted by Crippen LogP contribution is 2.45. The Balaban J connectivity index is 2.28. The molecule has 0 saturated heterocycles. The highest BCUT2D eigenvalue weighted by atomic mass is 32.2. The molecule has 1 aliphatic rings. The van der Waals surface area contributed by atoms with Gasteiger partial charge in [0.25, 0.3) is 0 Å². The lowest BCUT2D eigenvalue weighted by Crippen LogP contribution is -2.27. The molecule has 2 unspecified atom stereocenters. The van der Waals surface area contributed by atoms with Crippen molar-refractivity contribution < 1.29 is 37.4 Å². The summed E-state index contributed by atoms with van der Waals surface area (Å²) in [4.78, 5) is 36.1. The molecule has 0 aliphatic carbocycles. The van der Waals surface area contributed by atoms with Crippen LogP contribution in [0.4, 0.5) is 13.2 Å². The molecule has 2 rings (SSSR count). The van der Waals surface area contributed by atoms with Gasteiger partial charge in [0.05, 0.1) is 29.1 Å². The quantitative estimate of drug-likeness (QED) is 0.472. The third kappa shape index (κ3) is 4.81. The van der Waals surface area contributed by atoms with Gasteiger partial charge in [0.1, 0.15) is 0 Å². The number of hydrogen-bond acceptors (Lipinski definition) is 4. The summed E-state index contributed by atoms with van der Waals surface area (Å²) in [6, 6.07) is 4.25. The van der Waals surface area contributed by atoms with Crippen molar-refractivity contribution in [1.82, 2.24) is 4.72 Å². The van der Waals surface area contributed by atoms with E-state index in [1.165, 1.54) is 24.5 Å². The molecule has 10 heteroatoms. The predicted octanol–water partition coefficient (Wildman–Crippen LogP) is 3.66. The van der Waals surface area contributed by atoms with E-state index >= 15 is 0 Å². The van der Waals surface area contributed by atoms with E-state index in [1.54, 1.807) is 6.92 Å². The third-order valence-corrected chi connectivity index (χ3v) is 6.45. The smallest absolute Gasteiger partial charge is 0.416 e. The number of alkyl halides is 3. The minimum absolute atomic E-state index is 0.0684. The van der Waals surface area contributed by atoms with Crippen LogP contribution in [-0.4, -0.2) is 30.1 Å². The van der Waals surface area contributed by atoms with Crippen molar-refractivity contribution in [3.05, 3.63) is 56.9 Å². The zero-order valence-electron chi connectivity index (χ0n) is 15.8. The van der Waals surface area contributed by atoms with Gasteiger partial charge >= 0.3 is 18.1 Å². The van der Waals surface area contributed by atoms with E-state index in [4.69, 9.17) is 0 Å². The molecule has 2 atom stereocenters. The minimum atomic E-state index is -4.48. The maximum absolute atomic E-state index is 12.8. The number of hydrogen-bond donors (Lipinski definition) is 3. The van der Waals surface area contributed by atoms with Gasteiger partial charge in [0.15, 0.2) is 0 Å². The first-order chi connectivity index (χ1) is 13.5. The summed E-state index contributed by atoms with van der Waals surface area (Å²) in [5.74, 6) is -3.29. The molecule has 158 valence electrons. The zero-order valence-corrected chi connectivity index (χ0v) is 16.7. The molecule has 0 aromatic heterocycles. The van der Waals surface area contributed by atoms with Gasteiger partial charge in [-0.2, -0.15) is 13.2 Å². The molecule has 0 saturated carbocycles. The average Bonchev–Trinajstić information content (AvgIpc) is 2.97. The van der Waals surface area contributed by atoms with E-state index in [-0.39, 0.29) is 16.1 Å². The van der Waals surface area contributed by atoms with Crippen LogP contribution < -0.4 is 4.72 Å². The molecular formula is C19H20F3NO5S. The second-order valence-electron chi connectivity index (χ2n) is 6.24. The number of methoxy groups -OCH3 is 1. The molecule has 1 amide bonds. The summed E-state index contributed by atoms with van der Waals surface area (Å²) in [5.41, 5.74) is -0.173. The monoisotopic (exact) mass is 431 g/mol. The van der Waals surface area contributed by atoms with E-state index in [1.807, 2.05) is 0 Å². The highest BCUT2D eigenvalue weighted by molar-refractivity contribution is 8.22. The van der Waals surface area contributed by atoms with E-state index in [0.717, 1.165) is 19.2 Å². The number of thiol groups is 1. The van der Waals surface area contributed by atoms with Gasteiger partial charge in [-0.1, -0.05) is 19.1 Å². The molecule has 0 bridgehead atoms. The molecule has 0 fully saturated rings. The molecule has 2 N–H and O–H groups in total. The third-order valence-electron chi connectivity index (χ3n) is 4.46. The summed E-state index contributed by atoms with van der Waals surface area (Å²) in [6.07, 6.45) is -4.19. The number of esters is 1. The number of carboxylic acid groups (broad SMARTS) is 1. The Labute approximate surface area is 167 Å². The Morgan fingerprint density at radius 2 is 1.79 bits per heavy atom. The van der Waals surface area contributed by atoms with Gasteiger partial charge in [-0.15, -0.1) is 11.1 Å². The number of halogens is 3. The lowest BCUT2D eigenvalue weighted by atomic mass is 9.95. The molecule has 1 aromatic carbocycles. The molecular weight excluding hydrogens is 411 g/mol. The number of benzene rings is 1. The van der Waals surface area contributed by atoms with Gasteiger partial charge < -0.3 is 14.6 Å². The summed E-state index contributed by atoms with van der Waals surface area (Å²) < 4.78 is 45.5. The summed E-state index contributed by atoms with van der Waals surface area (Å²) >= 11 is -1.82.